The number of pyridine rings is 1. The lowest BCUT2D eigenvalue weighted by atomic mass is 9.92. The molecule has 1 unspecified atom stereocenters. The molecular formula is C16H24Cl2N4O2. The molecule has 0 radical (unpaired) electrons. The summed E-state index contributed by atoms with van der Waals surface area (Å²) in [6.45, 7) is 2.41. The number of nitrogens with zero attached hydrogens (tertiary/aromatic N) is 1. The fraction of sp³-hybridized carbons (Fsp3) is 0.562. The van der Waals surface area contributed by atoms with Gasteiger partial charge in [-0.25, -0.2) is 0 Å². The van der Waals surface area contributed by atoms with Gasteiger partial charge in [0.1, 0.15) is 0 Å². The van der Waals surface area contributed by atoms with E-state index in [1.54, 1.807) is 24.5 Å². The summed E-state index contributed by atoms with van der Waals surface area (Å²) in [6, 6.07) is 3.48. The molecular weight excluding hydrogens is 351 g/mol. The van der Waals surface area contributed by atoms with E-state index in [9.17, 15) is 9.59 Å². The van der Waals surface area contributed by atoms with Gasteiger partial charge in [0.25, 0.3) is 0 Å². The average molecular weight is 375 g/mol. The van der Waals surface area contributed by atoms with E-state index in [-0.39, 0.29) is 54.4 Å². The van der Waals surface area contributed by atoms with Crippen molar-refractivity contribution in [3.05, 3.63) is 24.5 Å². The number of hydrogen-bond acceptors (Lipinski definition) is 4. The molecule has 2 amide bonds. The van der Waals surface area contributed by atoms with Crippen LogP contribution in [0.1, 0.15) is 25.7 Å². The molecule has 1 aromatic rings. The Morgan fingerprint density at radius 3 is 2.54 bits per heavy atom. The van der Waals surface area contributed by atoms with Gasteiger partial charge in [-0.1, -0.05) is 0 Å². The first-order valence-corrected chi connectivity index (χ1v) is 7.88. The van der Waals surface area contributed by atoms with Crippen LogP contribution in [0.15, 0.2) is 24.5 Å². The van der Waals surface area contributed by atoms with Gasteiger partial charge in [-0.3, -0.25) is 14.6 Å². The lowest BCUT2D eigenvalue weighted by Gasteiger charge is -2.23. The minimum absolute atomic E-state index is 0. The van der Waals surface area contributed by atoms with Crippen LogP contribution in [-0.4, -0.2) is 36.4 Å². The molecule has 2 fully saturated rings. The first kappa shape index (κ1) is 20.7. The molecule has 0 aromatic carbocycles. The first-order chi connectivity index (χ1) is 10.7. The number of carbonyl (C=O) groups excluding carboxylic acids is 2. The van der Waals surface area contributed by atoms with Crippen LogP contribution in [0, 0.1) is 11.3 Å². The van der Waals surface area contributed by atoms with Crippen molar-refractivity contribution in [2.24, 2.45) is 11.3 Å². The Balaban J connectivity index is 0.00000144. The van der Waals surface area contributed by atoms with Crippen molar-refractivity contribution in [2.75, 3.05) is 25.0 Å². The Bertz CT molecular complexity index is 550. The van der Waals surface area contributed by atoms with Crippen molar-refractivity contribution in [3.8, 4) is 0 Å². The van der Waals surface area contributed by atoms with E-state index in [1.165, 1.54) is 0 Å². The second kappa shape index (κ2) is 9.20. The molecule has 2 heterocycles. The van der Waals surface area contributed by atoms with E-state index < -0.39 is 0 Å². The topological polar surface area (TPSA) is 83.1 Å². The number of piperidine rings is 1. The van der Waals surface area contributed by atoms with Gasteiger partial charge in [0.2, 0.25) is 11.8 Å². The number of carbonyl (C=O) groups is 2. The fourth-order valence-corrected chi connectivity index (χ4v) is 3.28. The lowest BCUT2D eigenvalue weighted by Crippen LogP contribution is -2.34. The Kier molecular flexibility index (Phi) is 7.93. The number of anilines is 1. The molecule has 1 aliphatic carbocycles. The van der Waals surface area contributed by atoms with Crippen LogP contribution in [0.2, 0.25) is 0 Å². The Hall–Kier alpha value is -1.37. The van der Waals surface area contributed by atoms with Crippen molar-refractivity contribution in [2.45, 2.75) is 25.7 Å². The Labute approximate surface area is 154 Å². The highest BCUT2D eigenvalue weighted by molar-refractivity contribution is 5.91. The van der Waals surface area contributed by atoms with Gasteiger partial charge < -0.3 is 16.0 Å². The average Bonchev–Trinajstić information content (AvgIpc) is 3.22. The maximum absolute atomic E-state index is 12.1. The predicted octanol–water partition coefficient (Wildman–Crippen LogP) is 1.76. The zero-order valence-electron chi connectivity index (χ0n) is 13.4. The summed E-state index contributed by atoms with van der Waals surface area (Å²) in [5.74, 6) is 0.162. The van der Waals surface area contributed by atoms with Crippen LogP contribution in [-0.2, 0) is 9.59 Å². The van der Waals surface area contributed by atoms with Crippen LogP contribution in [0.5, 0.6) is 0 Å². The molecule has 1 saturated carbocycles. The van der Waals surface area contributed by atoms with Crippen molar-refractivity contribution in [1.82, 2.24) is 15.6 Å². The van der Waals surface area contributed by atoms with Crippen LogP contribution in [0.25, 0.3) is 0 Å². The van der Waals surface area contributed by atoms with E-state index >= 15 is 0 Å². The highest BCUT2D eigenvalue weighted by atomic mass is 35.5. The molecule has 2 aliphatic rings. The third-order valence-corrected chi connectivity index (χ3v) is 4.72. The molecule has 0 bridgehead atoms. The van der Waals surface area contributed by atoms with Crippen molar-refractivity contribution >= 4 is 42.3 Å². The molecule has 6 nitrogen and oxygen atoms in total. The molecule has 3 rings (SSSR count). The van der Waals surface area contributed by atoms with Gasteiger partial charge in [0.05, 0.1) is 0 Å². The van der Waals surface area contributed by atoms with E-state index in [1.807, 2.05) is 0 Å². The quantitative estimate of drug-likeness (QED) is 0.733. The van der Waals surface area contributed by atoms with Gasteiger partial charge >= 0.3 is 0 Å². The Morgan fingerprint density at radius 2 is 1.88 bits per heavy atom. The SMILES string of the molecule is Cl.Cl.O=C(CCNC(=O)C1CC12CCNCC2)Nc1ccncc1. The smallest absolute Gasteiger partial charge is 0.226 e. The van der Waals surface area contributed by atoms with Crippen molar-refractivity contribution in [1.29, 1.82) is 0 Å². The highest BCUT2D eigenvalue weighted by Crippen LogP contribution is 2.58. The van der Waals surface area contributed by atoms with Gasteiger partial charge in [-0.2, -0.15) is 0 Å². The maximum atomic E-state index is 12.1. The van der Waals surface area contributed by atoms with Crippen LogP contribution in [0.4, 0.5) is 5.69 Å². The molecule has 8 heteroatoms. The number of amides is 2. The maximum Gasteiger partial charge on any atom is 0.226 e. The minimum atomic E-state index is -0.0983. The molecule has 24 heavy (non-hydrogen) atoms. The lowest BCUT2D eigenvalue weighted by molar-refractivity contribution is -0.123. The molecule has 1 spiro atoms. The van der Waals surface area contributed by atoms with Crippen LogP contribution in [0.3, 0.4) is 0 Å². The molecule has 134 valence electrons. The van der Waals surface area contributed by atoms with E-state index in [0.29, 0.717) is 6.54 Å². The van der Waals surface area contributed by atoms with E-state index in [2.05, 4.69) is 20.9 Å². The normalized spacial score (nSPS) is 20.2. The third-order valence-electron chi connectivity index (χ3n) is 4.72. The summed E-state index contributed by atoms with van der Waals surface area (Å²) < 4.78 is 0. The number of halogens is 2. The van der Waals surface area contributed by atoms with Gasteiger partial charge in [0.15, 0.2) is 0 Å². The van der Waals surface area contributed by atoms with E-state index in [0.717, 1.165) is 38.0 Å². The molecule has 1 aliphatic heterocycles. The van der Waals surface area contributed by atoms with E-state index in [4.69, 9.17) is 0 Å². The summed E-state index contributed by atoms with van der Waals surface area (Å²) in [4.78, 5) is 27.8. The standard InChI is InChI=1S/C16H22N4O2.2ClH/c21-14(20-12-1-6-17-7-2-12)3-8-19-15(22)13-11-16(13)4-9-18-10-5-16;;/h1-2,6-7,13,18H,3-5,8-11H2,(H,19,22)(H,17,20,21);2*1H. The summed E-state index contributed by atoms with van der Waals surface area (Å²) >= 11 is 0. The van der Waals surface area contributed by atoms with Gasteiger partial charge in [-0.15, -0.1) is 24.8 Å². The monoisotopic (exact) mass is 374 g/mol. The molecule has 1 atom stereocenters. The predicted molar refractivity (Wildman–Crippen MR) is 97.6 cm³/mol. The number of hydrogen-bond donors (Lipinski definition) is 3. The largest absolute Gasteiger partial charge is 0.355 e. The van der Waals surface area contributed by atoms with Crippen molar-refractivity contribution in [3.63, 3.8) is 0 Å². The number of rotatable bonds is 5. The summed E-state index contributed by atoms with van der Waals surface area (Å²) in [7, 11) is 0. The van der Waals surface area contributed by atoms with Crippen molar-refractivity contribution < 1.29 is 9.59 Å². The van der Waals surface area contributed by atoms with Gasteiger partial charge in [0, 0.05) is 37.0 Å². The second-order valence-electron chi connectivity index (χ2n) is 6.19. The van der Waals surface area contributed by atoms with Crippen LogP contribution < -0.4 is 16.0 Å². The Morgan fingerprint density at radius 1 is 1.21 bits per heavy atom. The third kappa shape index (κ3) is 5.06. The zero-order chi connectivity index (χ0) is 15.4. The van der Waals surface area contributed by atoms with Crippen LogP contribution >= 0.6 is 24.8 Å². The minimum Gasteiger partial charge on any atom is -0.355 e. The highest BCUT2D eigenvalue weighted by Gasteiger charge is 2.57. The first-order valence-electron chi connectivity index (χ1n) is 7.88. The summed E-state index contributed by atoms with van der Waals surface area (Å²) in [5, 5.41) is 9.01. The number of aromatic nitrogens is 1. The fourth-order valence-electron chi connectivity index (χ4n) is 3.28. The summed E-state index contributed by atoms with van der Waals surface area (Å²) in [5.41, 5.74) is 0.969. The van der Waals surface area contributed by atoms with Gasteiger partial charge in [-0.05, 0) is 49.9 Å². The molecule has 3 N–H and O–H groups in total. The zero-order valence-corrected chi connectivity index (χ0v) is 15.0. The molecule has 1 aromatic heterocycles. The molecule has 1 saturated heterocycles. The second-order valence-corrected chi connectivity index (χ2v) is 6.19. The summed E-state index contributed by atoms with van der Waals surface area (Å²) in [6.07, 6.45) is 6.73. The number of nitrogens with one attached hydrogen (secondary N) is 3.